The summed E-state index contributed by atoms with van der Waals surface area (Å²) in [5.41, 5.74) is 5.13. The van der Waals surface area contributed by atoms with Gasteiger partial charge in [-0.1, -0.05) is 60.7 Å². The van der Waals surface area contributed by atoms with Crippen LogP contribution in [0.5, 0.6) is 0 Å². The Labute approximate surface area is 131 Å². The summed E-state index contributed by atoms with van der Waals surface area (Å²) in [5, 5.41) is 2.59. The first-order valence-corrected chi connectivity index (χ1v) is 7.77. The zero-order valence-electron chi connectivity index (χ0n) is 12.4. The maximum absolute atomic E-state index is 6.75. The van der Waals surface area contributed by atoms with Crippen LogP contribution in [-0.2, 0) is 6.42 Å². The topological polar surface area (TPSA) is 0 Å². The summed E-state index contributed by atoms with van der Waals surface area (Å²) < 4.78 is 0. The number of hydrogen-bond acceptors (Lipinski definition) is 0. The number of aryl methyl sites for hydroxylation is 2. The van der Waals surface area contributed by atoms with Crippen molar-refractivity contribution >= 4 is 22.4 Å². The molecule has 3 rings (SSSR count). The summed E-state index contributed by atoms with van der Waals surface area (Å²) in [6, 6.07) is 21.3. The summed E-state index contributed by atoms with van der Waals surface area (Å²) in [6.45, 7) is 4.28. The van der Waals surface area contributed by atoms with E-state index in [0.717, 1.165) is 6.42 Å². The summed E-state index contributed by atoms with van der Waals surface area (Å²) in [4.78, 5) is 0. The minimum absolute atomic E-state index is 0.0111. The molecular formula is C20H19Cl. The van der Waals surface area contributed by atoms with E-state index < -0.39 is 0 Å². The molecular weight excluding hydrogens is 276 g/mol. The van der Waals surface area contributed by atoms with Crippen LogP contribution in [0.4, 0.5) is 0 Å². The monoisotopic (exact) mass is 294 g/mol. The Morgan fingerprint density at radius 1 is 0.810 bits per heavy atom. The molecule has 1 unspecified atom stereocenters. The van der Waals surface area contributed by atoms with Crippen molar-refractivity contribution in [3.63, 3.8) is 0 Å². The van der Waals surface area contributed by atoms with E-state index in [1.54, 1.807) is 0 Å². The molecule has 0 saturated carbocycles. The Bertz CT molecular complexity index is 748. The maximum Gasteiger partial charge on any atom is 0.0630 e. The van der Waals surface area contributed by atoms with Crippen molar-refractivity contribution in [2.75, 3.05) is 0 Å². The van der Waals surface area contributed by atoms with Crippen LogP contribution in [0, 0.1) is 13.8 Å². The van der Waals surface area contributed by atoms with Gasteiger partial charge < -0.3 is 0 Å². The van der Waals surface area contributed by atoms with Gasteiger partial charge in [0.05, 0.1) is 5.38 Å². The highest BCUT2D eigenvalue weighted by atomic mass is 35.5. The first-order chi connectivity index (χ1) is 10.2. The van der Waals surface area contributed by atoms with Crippen LogP contribution in [0.1, 0.15) is 27.6 Å². The van der Waals surface area contributed by atoms with E-state index in [-0.39, 0.29) is 5.38 Å². The van der Waals surface area contributed by atoms with Crippen LogP contribution in [0.3, 0.4) is 0 Å². The molecule has 0 radical (unpaired) electrons. The third-order valence-electron chi connectivity index (χ3n) is 4.13. The van der Waals surface area contributed by atoms with Crippen molar-refractivity contribution in [1.82, 2.24) is 0 Å². The third-order valence-corrected chi connectivity index (χ3v) is 4.51. The zero-order chi connectivity index (χ0) is 14.8. The van der Waals surface area contributed by atoms with E-state index in [0.29, 0.717) is 0 Å². The lowest BCUT2D eigenvalue weighted by Gasteiger charge is -2.17. The second-order valence-electron chi connectivity index (χ2n) is 5.62. The highest BCUT2D eigenvalue weighted by Gasteiger charge is 2.15. The SMILES string of the molecule is Cc1cccc(C)c1C(Cl)Cc1cccc2ccccc12. The van der Waals surface area contributed by atoms with Crippen LogP contribution < -0.4 is 0 Å². The average molecular weight is 295 g/mol. The van der Waals surface area contributed by atoms with E-state index in [1.165, 1.54) is 33.0 Å². The molecule has 3 aromatic carbocycles. The molecule has 1 atom stereocenters. The summed E-state index contributed by atoms with van der Waals surface area (Å²) in [5.74, 6) is 0. The highest BCUT2D eigenvalue weighted by molar-refractivity contribution is 6.21. The molecule has 1 heteroatoms. The predicted molar refractivity (Wildman–Crippen MR) is 92.2 cm³/mol. The highest BCUT2D eigenvalue weighted by Crippen LogP contribution is 2.32. The minimum Gasteiger partial charge on any atom is -0.117 e. The molecule has 0 fully saturated rings. The second-order valence-corrected chi connectivity index (χ2v) is 6.14. The van der Waals surface area contributed by atoms with Gasteiger partial charge in [-0.25, -0.2) is 0 Å². The lowest BCUT2D eigenvalue weighted by molar-refractivity contribution is 0.906. The van der Waals surface area contributed by atoms with E-state index in [2.05, 4.69) is 74.5 Å². The first kappa shape index (κ1) is 14.2. The quantitative estimate of drug-likeness (QED) is 0.521. The predicted octanol–water partition coefficient (Wildman–Crippen LogP) is 5.98. The van der Waals surface area contributed by atoms with Gasteiger partial charge in [0, 0.05) is 0 Å². The average Bonchev–Trinajstić information content (AvgIpc) is 2.47. The Balaban J connectivity index is 1.99. The lowest BCUT2D eigenvalue weighted by atomic mass is 9.94. The van der Waals surface area contributed by atoms with Crippen LogP contribution >= 0.6 is 11.6 Å². The van der Waals surface area contributed by atoms with Gasteiger partial charge in [0.1, 0.15) is 0 Å². The van der Waals surface area contributed by atoms with Gasteiger partial charge in [-0.15, -0.1) is 11.6 Å². The zero-order valence-corrected chi connectivity index (χ0v) is 13.2. The van der Waals surface area contributed by atoms with Gasteiger partial charge in [0.2, 0.25) is 0 Å². The van der Waals surface area contributed by atoms with Gasteiger partial charge in [-0.2, -0.15) is 0 Å². The van der Waals surface area contributed by atoms with Gasteiger partial charge in [-0.3, -0.25) is 0 Å². The Hall–Kier alpha value is -1.79. The molecule has 3 aromatic rings. The van der Waals surface area contributed by atoms with Crippen molar-refractivity contribution in [2.45, 2.75) is 25.6 Å². The number of halogens is 1. The molecule has 0 aromatic heterocycles. The molecule has 0 aliphatic rings. The second kappa shape index (κ2) is 5.91. The third kappa shape index (κ3) is 2.82. The fourth-order valence-corrected chi connectivity index (χ4v) is 3.60. The van der Waals surface area contributed by atoms with Crippen LogP contribution in [0.25, 0.3) is 10.8 Å². The summed E-state index contributed by atoms with van der Waals surface area (Å²) in [6.07, 6.45) is 0.856. The normalized spacial score (nSPS) is 12.5. The molecule has 0 N–H and O–H groups in total. The number of benzene rings is 3. The standard InChI is InChI=1S/C20H19Cl/c1-14-7-5-8-15(2)20(14)19(21)13-17-11-6-10-16-9-3-4-12-18(16)17/h3-12,19H,13H2,1-2H3. The molecule has 0 bridgehead atoms. The fraction of sp³-hybridized carbons (Fsp3) is 0.200. The van der Waals surface area contributed by atoms with Gasteiger partial charge >= 0.3 is 0 Å². The fourth-order valence-electron chi connectivity index (χ4n) is 3.09. The van der Waals surface area contributed by atoms with Crippen LogP contribution in [0.15, 0.2) is 60.7 Å². The van der Waals surface area contributed by atoms with Gasteiger partial charge in [0.15, 0.2) is 0 Å². The van der Waals surface area contributed by atoms with Crippen molar-refractivity contribution in [1.29, 1.82) is 0 Å². The van der Waals surface area contributed by atoms with Crippen molar-refractivity contribution in [3.05, 3.63) is 82.9 Å². The van der Waals surface area contributed by atoms with Gasteiger partial charge in [-0.05, 0) is 53.3 Å². The van der Waals surface area contributed by atoms with E-state index in [9.17, 15) is 0 Å². The number of alkyl halides is 1. The molecule has 0 nitrogen and oxygen atoms in total. The van der Waals surface area contributed by atoms with Crippen molar-refractivity contribution in [2.24, 2.45) is 0 Å². The lowest BCUT2D eigenvalue weighted by Crippen LogP contribution is -2.01. The summed E-state index contributed by atoms with van der Waals surface area (Å²) >= 11 is 6.75. The Morgan fingerprint density at radius 3 is 2.19 bits per heavy atom. The molecule has 0 spiro atoms. The van der Waals surface area contributed by atoms with E-state index >= 15 is 0 Å². The largest absolute Gasteiger partial charge is 0.117 e. The molecule has 106 valence electrons. The molecule has 0 saturated heterocycles. The van der Waals surface area contributed by atoms with Crippen molar-refractivity contribution in [3.8, 4) is 0 Å². The van der Waals surface area contributed by atoms with Gasteiger partial charge in [0.25, 0.3) is 0 Å². The Kier molecular flexibility index (Phi) is 3.98. The smallest absolute Gasteiger partial charge is 0.0630 e. The molecule has 0 aliphatic carbocycles. The number of fused-ring (bicyclic) bond motifs is 1. The minimum atomic E-state index is 0.0111. The van der Waals surface area contributed by atoms with Crippen LogP contribution in [0.2, 0.25) is 0 Å². The molecule has 0 aliphatic heterocycles. The Morgan fingerprint density at radius 2 is 1.43 bits per heavy atom. The molecule has 21 heavy (non-hydrogen) atoms. The van der Waals surface area contributed by atoms with Crippen molar-refractivity contribution < 1.29 is 0 Å². The van der Waals surface area contributed by atoms with E-state index in [1.807, 2.05) is 0 Å². The first-order valence-electron chi connectivity index (χ1n) is 7.33. The summed E-state index contributed by atoms with van der Waals surface area (Å²) in [7, 11) is 0. The number of rotatable bonds is 3. The number of hydrogen-bond donors (Lipinski definition) is 0. The van der Waals surface area contributed by atoms with Crippen LogP contribution in [-0.4, -0.2) is 0 Å². The maximum atomic E-state index is 6.75. The molecule has 0 amide bonds. The van der Waals surface area contributed by atoms with E-state index in [4.69, 9.17) is 11.6 Å². The molecule has 0 heterocycles.